The van der Waals surface area contributed by atoms with Gasteiger partial charge in [-0.25, -0.2) is 4.98 Å². The third-order valence-electron chi connectivity index (χ3n) is 3.39. The van der Waals surface area contributed by atoms with Crippen LogP contribution in [0.4, 0.5) is 0 Å². The zero-order valence-corrected chi connectivity index (χ0v) is 15.0. The second-order valence-electron chi connectivity index (χ2n) is 5.26. The van der Waals surface area contributed by atoms with Crippen molar-refractivity contribution in [1.82, 2.24) is 10.3 Å². The summed E-state index contributed by atoms with van der Waals surface area (Å²) >= 11 is 3.30. The van der Waals surface area contributed by atoms with E-state index >= 15 is 0 Å². The summed E-state index contributed by atoms with van der Waals surface area (Å²) in [6.07, 6.45) is 0.850. The zero-order valence-electron chi connectivity index (χ0n) is 13.3. The zero-order chi connectivity index (χ0) is 16.8. The van der Waals surface area contributed by atoms with Gasteiger partial charge in [0.15, 0.2) is 0 Å². The summed E-state index contributed by atoms with van der Waals surface area (Å²) in [5.41, 5.74) is 1.51. The number of thiazole rings is 1. The summed E-state index contributed by atoms with van der Waals surface area (Å²) in [6.45, 7) is 3.01. The van der Waals surface area contributed by atoms with Gasteiger partial charge in [0.2, 0.25) is 0 Å². The summed E-state index contributed by atoms with van der Waals surface area (Å²) < 4.78 is 5.73. The van der Waals surface area contributed by atoms with Crippen LogP contribution >= 0.6 is 22.7 Å². The number of nitrogens with one attached hydrogen (secondary N) is 1. The van der Waals surface area contributed by atoms with Crippen LogP contribution in [0.15, 0.2) is 47.2 Å². The van der Waals surface area contributed by atoms with Gasteiger partial charge < -0.3 is 10.1 Å². The third-order valence-corrected chi connectivity index (χ3v) is 5.15. The molecule has 4 nitrogen and oxygen atoms in total. The summed E-state index contributed by atoms with van der Waals surface area (Å²) in [5, 5.41) is 7.99. The number of aryl methyl sites for hydroxylation is 1. The van der Waals surface area contributed by atoms with Crippen LogP contribution in [0.5, 0.6) is 5.75 Å². The normalized spacial score (nSPS) is 10.5. The molecule has 0 unspecified atom stereocenters. The van der Waals surface area contributed by atoms with Crippen molar-refractivity contribution in [3.63, 3.8) is 0 Å². The largest absolute Gasteiger partial charge is 0.487 e. The second-order valence-corrected chi connectivity index (χ2v) is 7.35. The highest BCUT2D eigenvalue weighted by molar-refractivity contribution is 7.10. The van der Waals surface area contributed by atoms with Gasteiger partial charge >= 0.3 is 0 Å². The first-order valence-electron chi connectivity index (χ1n) is 7.65. The van der Waals surface area contributed by atoms with Crippen molar-refractivity contribution in [2.75, 3.05) is 6.54 Å². The van der Waals surface area contributed by atoms with E-state index in [-0.39, 0.29) is 5.91 Å². The van der Waals surface area contributed by atoms with Gasteiger partial charge in [0, 0.05) is 22.4 Å². The molecule has 1 amide bonds. The summed E-state index contributed by atoms with van der Waals surface area (Å²) in [7, 11) is 0. The quantitative estimate of drug-likeness (QED) is 0.693. The van der Waals surface area contributed by atoms with E-state index in [1.807, 2.05) is 35.9 Å². The Morgan fingerprint density at radius 1 is 1.25 bits per heavy atom. The molecule has 0 spiro atoms. The van der Waals surface area contributed by atoms with Crippen LogP contribution in [0.3, 0.4) is 0 Å². The first-order chi connectivity index (χ1) is 11.7. The van der Waals surface area contributed by atoms with Crippen LogP contribution in [0.25, 0.3) is 0 Å². The molecule has 0 atom stereocenters. The van der Waals surface area contributed by atoms with Crippen LogP contribution in [-0.2, 0) is 13.0 Å². The molecule has 2 aromatic heterocycles. The summed E-state index contributed by atoms with van der Waals surface area (Å²) in [6, 6.07) is 11.3. The van der Waals surface area contributed by atoms with Crippen LogP contribution in [0.1, 0.15) is 25.9 Å². The molecule has 1 N–H and O–H groups in total. The molecule has 0 aliphatic carbocycles. The van der Waals surface area contributed by atoms with E-state index in [9.17, 15) is 4.79 Å². The molecular formula is C18H18N2O2S2. The number of hydrogen-bond donors (Lipinski definition) is 1. The Balaban J connectivity index is 1.52. The highest BCUT2D eigenvalue weighted by Crippen LogP contribution is 2.16. The minimum atomic E-state index is -0.0819. The maximum Gasteiger partial charge on any atom is 0.251 e. The highest BCUT2D eigenvalue weighted by Gasteiger charge is 2.07. The van der Waals surface area contributed by atoms with Crippen LogP contribution in [0.2, 0.25) is 0 Å². The Morgan fingerprint density at radius 2 is 2.17 bits per heavy atom. The van der Waals surface area contributed by atoms with Crippen LogP contribution < -0.4 is 10.1 Å². The van der Waals surface area contributed by atoms with E-state index in [1.54, 1.807) is 34.8 Å². The highest BCUT2D eigenvalue weighted by atomic mass is 32.1. The Morgan fingerprint density at radius 3 is 2.92 bits per heavy atom. The van der Waals surface area contributed by atoms with E-state index in [0.717, 1.165) is 17.1 Å². The fraction of sp³-hybridized carbons (Fsp3) is 0.222. The topological polar surface area (TPSA) is 51.2 Å². The molecule has 0 fully saturated rings. The number of carbonyl (C=O) groups excluding carboxylic acids is 1. The van der Waals surface area contributed by atoms with Crippen molar-refractivity contribution in [2.45, 2.75) is 20.0 Å². The number of rotatable bonds is 7. The molecule has 3 rings (SSSR count). The Labute approximate surface area is 149 Å². The number of thiophene rings is 1. The monoisotopic (exact) mass is 358 g/mol. The Hall–Kier alpha value is -2.18. The summed E-state index contributed by atoms with van der Waals surface area (Å²) in [4.78, 5) is 17.9. The van der Waals surface area contributed by atoms with Crippen molar-refractivity contribution >= 4 is 28.6 Å². The molecule has 1 aromatic carbocycles. The van der Waals surface area contributed by atoms with Crippen molar-refractivity contribution in [3.05, 3.63) is 68.3 Å². The predicted molar refractivity (Wildman–Crippen MR) is 98.0 cm³/mol. The molecule has 0 radical (unpaired) electrons. The fourth-order valence-corrected chi connectivity index (χ4v) is 3.52. The van der Waals surface area contributed by atoms with Gasteiger partial charge in [0.1, 0.15) is 12.4 Å². The van der Waals surface area contributed by atoms with Crippen LogP contribution in [-0.4, -0.2) is 17.4 Å². The second kappa shape index (κ2) is 8.08. The molecule has 0 bridgehead atoms. The maximum atomic E-state index is 12.2. The molecular weight excluding hydrogens is 340 g/mol. The number of amides is 1. The minimum absolute atomic E-state index is 0.0819. The molecule has 3 aromatic rings. The standard InChI is InChI=1S/C18H18N2O2S2/c1-13-20-15(12-24-13)11-22-16-5-2-4-14(10-16)18(21)19-8-7-17-6-3-9-23-17/h2-6,9-10,12H,7-8,11H2,1H3,(H,19,21). The fourth-order valence-electron chi connectivity index (χ4n) is 2.22. The average Bonchev–Trinajstić information content (AvgIpc) is 3.25. The first kappa shape index (κ1) is 16.7. The Kier molecular flexibility index (Phi) is 5.61. The molecule has 0 saturated carbocycles. The van der Waals surface area contributed by atoms with Gasteiger partial charge in [-0.05, 0) is 43.0 Å². The molecule has 124 valence electrons. The Bertz CT molecular complexity index is 797. The lowest BCUT2D eigenvalue weighted by Crippen LogP contribution is -2.25. The lowest BCUT2D eigenvalue weighted by atomic mass is 10.2. The first-order valence-corrected chi connectivity index (χ1v) is 9.41. The number of aromatic nitrogens is 1. The van der Waals surface area contributed by atoms with Crippen LogP contribution in [0, 0.1) is 6.92 Å². The SMILES string of the molecule is Cc1nc(COc2cccc(C(=O)NCCc3cccs3)c2)cs1. The van der Waals surface area contributed by atoms with Crippen molar-refractivity contribution in [1.29, 1.82) is 0 Å². The molecule has 0 aliphatic rings. The average molecular weight is 358 g/mol. The predicted octanol–water partition coefficient (Wildman–Crippen LogP) is 4.06. The molecule has 0 aliphatic heterocycles. The lowest BCUT2D eigenvalue weighted by Gasteiger charge is -2.08. The van der Waals surface area contributed by atoms with Gasteiger partial charge in [-0.1, -0.05) is 12.1 Å². The maximum absolute atomic E-state index is 12.2. The van der Waals surface area contributed by atoms with Gasteiger partial charge in [-0.3, -0.25) is 4.79 Å². The van der Waals surface area contributed by atoms with Crippen molar-refractivity contribution in [3.8, 4) is 5.75 Å². The summed E-state index contributed by atoms with van der Waals surface area (Å²) in [5.74, 6) is 0.591. The van der Waals surface area contributed by atoms with Gasteiger partial charge in [0.05, 0.1) is 10.7 Å². The molecule has 6 heteroatoms. The molecule has 2 heterocycles. The third kappa shape index (κ3) is 4.66. The van der Waals surface area contributed by atoms with Gasteiger partial charge in [-0.15, -0.1) is 22.7 Å². The van der Waals surface area contributed by atoms with E-state index in [1.165, 1.54) is 4.88 Å². The van der Waals surface area contributed by atoms with E-state index in [4.69, 9.17) is 4.74 Å². The number of ether oxygens (including phenoxy) is 1. The number of hydrogen-bond acceptors (Lipinski definition) is 5. The number of nitrogens with zero attached hydrogens (tertiary/aromatic N) is 1. The van der Waals surface area contributed by atoms with Crippen molar-refractivity contribution < 1.29 is 9.53 Å². The number of carbonyl (C=O) groups is 1. The van der Waals surface area contributed by atoms with E-state index in [0.29, 0.717) is 24.5 Å². The minimum Gasteiger partial charge on any atom is -0.487 e. The molecule has 24 heavy (non-hydrogen) atoms. The van der Waals surface area contributed by atoms with Gasteiger partial charge in [0.25, 0.3) is 5.91 Å². The smallest absolute Gasteiger partial charge is 0.251 e. The van der Waals surface area contributed by atoms with Crippen molar-refractivity contribution in [2.24, 2.45) is 0 Å². The lowest BCUT2D eigenvalue weighted by molar-refractivity contribution is 0.0953. The van der Waals surface area contributed by atoms with E-state index in [2.05, 4.69) is 16.4 Å². The van der Waals surface area contributed by atoms with Gasteiger partial charge in [-0.2, -0.15) is 0 Å². The number of benzene rings is 1. The molecule has 0 saturated heterocycles. The van der Waals surface area contributed by atoms with E-state index < -0.39 is 0 Å².